The summed E-state index contributed by atoms with van der Waals surface area (Å²) in [6.07, 6.45) is 4.41. The molecule has 4 heteroatoms. The lowest BCUT2D eigenvalue weighted by atomic mass is 10.1. The topological polar surface area (TPSA) is 25.2 Å². The molecule has 1 aromatic heterocycles. The van der Waals surface area contributed by atoms with Crippen LogP contribution in [0.15, 0.2) is 41.2 Å². The second kappa shape index (κ2) is 6.47. The summed E-state index contributed by atoms with van der Waals surface area (Å²) in [6, 6.07) is 8.29. The molecule has 2 atom stereocenters. The minimum atomic E-state index is 0.219. The fourth-order valence-corrected chi connectivity index (χ4v) is 2.43. The van der Waals surface area contributed by atoms with Gasteiger partial charge >= 0.3 is 0 Å². The number of furan rings is 1. The summed E-state index contributed by atoms with van der Waals surface area (Å²) in [5, 5.41) is 4.72. The highest BCUT2D eigenvalue weighted by atomic mass is 35.5. The molecular weight excluding hydrogens is 281 g/mol. The molecule has 0 saturated heterocycles. The highest BCUT2D eigenvalue weighted by Crippen LogP contribution is 2.25. The lowest BCUT2D eigenvalue weighted by Gasteiger charge is -2.20. The van der Waals surface area contributed by atoms with Crippen molar-refractivity contribution in [1.82, 2.24) is 5.32 Å². The van der Waals surface area contributed by atoms with Gasteiger partial charge in [-0.3, -0.25) is 0 Å². The standard InChI is InChI=1S/C15H17Cl2NO/c1-10(7-12-5-6-19-9-12)18-11(2)13-3-4-14(16)15(17)8-13/h3-6,8-11,18H,7H2,1-2H3. The molecule has 102 valence electrons. The third-order valence-corrected chi connectivity index (χ3v) is 3.84. The molecule has 0 aliphatic heterocycles. The van der Waals surface area contributed by atoms with Crippen LogP contribution in [0.3, 0.4) is 0 Å². The first-order valence-electron chi connectivity index (χ1n) is 6.28. The normalized spacial score (nSPS) is 14.3. The zero-order chi connectivity index (χ0) is 13.8. The first kappa shape index (κ1) is 14.4. The van der Waals surface area contributed by atoms with Crippen molar-refractivity contribution in [2.24, 2.45) is 0 Å². The van der Waals surface area contributed by atoms with Crippen LogP contribution in [0.4, 0.5) is 0 Å². The molecule has 2 rings (SSSR count). The quantitative estimate of drug-likeness (QED) is 0.852. The van der Waals surface area contributed by atoms with Gasteiger partial charge in [-0.25, -0.2) is 0 Å². The van der Waals surface area contributed by atoms with Gasteiger partial charge in [0.2, 0.25) is 0 Å². The largest absolute Gasteiger partial charge is 0.472 e. The summed E-state index contributed by atoms with van der Waals surface area (Å²) in [4.78, 5) is 0. The van der Waals surface area contributed by atoms with Gasteiger partial charge in [-0.2, -0.15) is 0 Å². The van der Waals surface area contributed by atoms with Gasteiger partial charge in [0.05, 0.1) is 22.6 Å². The van der Waals surface area contributed by atoms with E-state index < -0.39 is 0 Å². The van der Waals surface area contributed by atoms with Gasteiger partial charge in [-0.1, -0.05) is 29.3 Å². The first-order valence-corrected chi connectivity index (χ1v) is 7.04. The Hall–Kier alpha value is -0.960. The first-order chi connectivity index (χ1) is 9.06. The van der Waals surface area contributed by atoms with E-state index in [0.29, 0.717) is 16.1 Å². The van der Waals surface area contributed by atoms with Crippen LogP contribution in [-0.4, -0.2) is 6.04 Å². The molecule has 1 aromatic carbocycles. The predicted molar refractivity (Wildman–Crippen MR) is 79.9 cm³/mol. The van der Waals surface area contributed by atoms with E-state index in [1.54, 1.807) is 12.5 Å². The van der Waals surface area contributed by atoms with Crippen LogP contribution in [-0.2, 0) is 6.42 Å². The van der Waals surface area contributed by atoms with Crippen molar-refractivity contribution >= 4 is 23.2 Å². The number of benzene rings is 1. The molecule has 1 heterocycles. The summed E-state index contributed by atoms with van der Waals surface area (Å²) in [5.41, 5.74) is 2.33. The maximum atomic E-state index is 6.04. The highest BCUT2D eigenvalue weighted by Gasteiger charge is 2.11. The summed E-state index contributed by atoms with van der Waals surface area (Å²) >= 11 is 12.0. The van der Waals surface area contributed by atoms with Crippen molar-refractivity contribution in [3.05, 3.63) is 58.0 Å². The Morgan fingerprint density at radius 1 is 1.16 bits per heavy atom. The Balaban J connectivity index is 1.96. The van der Waals surface area contributed by atoms with Gasteiger partial charge in [-0.05, 0) is 49.6 Å². The molecule has 0 amide bonds. The predicted octanol–water partition coefficient (Wildman–Crippen LogP) is 4.87. The molecule has 0 bridgehead atoms. The lowest BCUT2D eigenvalue weighted by molar-refractivity contribution is 0.474. The van der Waals surface area contributed by atoms with Crippen LogP contribution in [0.2, 0.25) is 10.0 Å². The average molecular weight is 298 g/mol. The van der Waals surface area contributed by atoms with E-state index in [1.165, 1.54) is 5.56 Å². The number of halogens is 2. The van der Waals surface area contributed by atoms with E-state index in [0.717, 1.165) is 12.0 Å². The van der Waals surface area contributed by atoms with E-state index in [9.17, 15) is 0 Å². The Morgan fingerprint density at radius 3 is 2.58 bits per heavy atom. The third kappa shape index (κ3) is 4.00. The summed E-state index contributed by atoms with van der Waals surface area (Å²) in [6.45, 7) is 4.27. The molecular formula is C15H17Cl2NO. The van der Waals surface area contributed by atoms with Crippen LogP contribution in [0, 0.1) is 0 Å². The fraction of sp³-hybridized carbons (Fsp3) is 0.333. The molecule has 2 nitrogen and oxygen atoms in total. The van der Waals surface area contributed by atoms with Gasteiger partial charge in [0.1, 0.15) is 0 Å². The van der Waals surface area contributed by atoms with Gasteiger partial charge in [-0.15, -0.1) is 0 Å². The third-order valence-electron chi connectivity index (χ3n) is 3.10. The van der Waals surface area contributed by atoms with Crippen LogP contribution in [0.25, 0.3) is 0 Å². The lowest BCUT2D eigenvalue weighted by Crippen LogP contribution is -2.30. The molecule has 0 aliphatic rings. The molecule has 2 unspecified atom stereocenters. The minimum absolute atomic E-state index is 0.219. The second-order valence-corrected chi connectivity index (χ2v) is 5.61. The second-order valence-electron chi connectivity index (χ2n) is 4.80. The number of nitrogens with one attached hydrogen (secondary N) is 1. The van der Waals surface area contributed by atoms with Gasteiger partial charge in [0, 0.05) is 12.1 Å². The minimum Gasteiger partial charge on any atom is -0.472 e. The van der Waals surface area contributed by atoms with E-state index in [1.807, 2.05) is 24.3 Å². The van der Waals surface area contributed by atoms with Crippen LogP contribution in [0.5, 0.6) is 0 Å². The van der Waals surface area contributed by atoms with E-state index in [-0.39, 0.29) is 6.04 Å². The van der Waals surface area contributed by atoms with Gasteiger partial charge < -0.3 is 9.73 Å². The Morgan fingerprint density at radius 2 is 1.95 bits per heavy atom. The van der Waals surface area contributed by atoms with Crippen LogP contribution < -0.4 is 5.32 Å². The van der Waals surface area contributed by atoms with E-state index in [2.05, 4.69) is 19.2 Å². The summed E-state index contributed by atoms with van der Waals surface area (Å²) < 4.78 is 5.07. The maximum absolute atomic E-state index is 6.04. The van der Waals surface area contributed by atoms with E-state index >= 15 is 0 Å². The molecule has 0 aliphatic carbocycles. The fourth-order valence-electron chi connectivity index (χ4n) is 2.13. The average Bonchev–Trinajstić information content (AvgIpc) is 2.85. The van der Waals surface area contributed by atoms with Crippen molar-refractivity contribution < 1.29 is 4.42 Å². The Kier molecular flexibility index (Phi) is 4.92. The Bertz CT molecular complexity index is 525. The summed E-state index contributed by atoms with van der Waals surface area (Å²) in [5.74, 6) is 0. The molecule has 1 N–H and O–H groups in total. The van der Waals surface area contributed by atoms with Crippen LogP contribution >= 0.6 is 23.2 Å². The number of hydrogen-bond donors (Lipinski definition) is 1. The SMILES string of the molecule is CC(Cc1ccoc1)NC(C)c1ccc(Cl)c(Cl)c1. The molecule has 0 spiro atoms. The monoisotopic (exact) mass is 297 g/mol. The molecule has 0 saturated carbocycles. The van der Waals surface area contributed by atoms with Crippen molar-refractivity contribution in [3.8, 4) is 0 Å². The molecule has 19 heavy (non-hydrogen) atoms. The van der Waals surface area contributed by atoms with Gasteiger partial charge in [0.15, 0.2) is 0 Å². The highest BCUT2D eigenvalue weighted by molar-refractivity contribution is 6.42. The molecule has 0 radical (unpaired) electrons. The van der Waals surface area contributed by atoms with Crippen molar-refractivity contribution in [1.29, 1.82) is 0 Å². The van der Waals surface area contributed by atoms with Gasteiger partial charge in [0.25, 0.3) is 0 Å². The van der Waals surface area contributed by atoms with Crippen molar-refractivity contribution in [3.63, 3.8) is 0 Å². The van der Waals surface area contributed by atoms with Crippen LogP contribution in [0.1, 0.15) is 31.0 Å². The molecule has 0 fully saturated rings. The summed E-state index contributed by atoms with van der Waals surface area (Å²) in [7, 11) is 0. The Labute approximate surface area is 123 Å². The van der Waals surface area contributed by atoms with Crippen molar-refractivity contribution in [2.45, 2.75) is 32.4 Å². The number of hydrogen-bond acceptors (Lipinski definition) is 2. The molecule has 2 aromatic rings. The van der Waals surface area contributed by atoms with Crippen molar-refractivity contribution in [2.75, 3.05) is 0 Å². The smallest absolute Gasteiger partial charge is 0.0935 e. The van der Waals surface area contributed by atoms with E-state index in [4.69, 9.17) is 27.6 Å². The number of rotatable bonds is 5. The zero-order valence-electron chi connectivity index (χ0n) is 11.0. The maximum Gasteiger partial charge on any atom is 0.0935 e. The zero-order valence-corrected chi connectivity index (χ0v) is 12.5.